The third-order valence-electron chi connectivity index (χ3n) is 4.84. The molecule has 0 unspecified atom stereocenters. The number of benzene rings is 2. The molecule has 0 radical (unpaired) electrons. The number of aryl methyl sites for hydroxylation is 2. The van der Waals surface area contributed by atoms with Gasteiger partial charge in [-0.25, -0.2) is 9.97 Å². The molecule has 4 rings (SSSR count). The summed E-state index contributed by atoms with van der Waals surface area (Å²) < 4.78 is 4.23. The summed E-state index contributed by atoms with van der Waals surface area (Å²) >= 11 is 0. The van der Waals surface area contributed by atoms with Gasteiger partial charge in [0.15, 0.2) is 0 Å². The van der Waals surface area contributed by atoms with E-state index >= 15 is 0 Å². The van der Waals surface area contributed by atoms with E-state index in [-0.39, 0.29) is 5.92 Å². The van der Waals surface area contributed by atoms with Crippen LogP contribution in [0.15, 0.2) is 85.5 Å². The summed E-state index contributed by atoms with van der Waals surface area (Å²) in [6.07, 6.45) is 8.74. The van der Waals surface area contributed by atoms with Gasteiger partial charge in [0.2, 0.25) is 0 Å². The van der Waals surface area contributed by atoms with Gasteiger partial charge in [-0.2, -0.15) is 0 Å². The first-order chi connectivity index (χ1) is 13.2. The largest absolute Gasteiger partial charge is 0.337 e. The van der Waals surface area contributed by atoms with Crippen LogP contribution in [-0.4, -0.2) is 25.3 Å². The van der Waals surface area contributed by atoms with E-state index in [2.05, 4.69) is 93.9 Å². The fourth-order valence-electron chi connectivity index (χ4n) is 3.46. The minimum absolute atomic E-state index is 0.136. The quantitative estimate of drug-likeness (QED) is 0.485. The maximum atomic E-state index is 4.67. The average molecular weight is 374 g/mol. The highest BCUT2D eigenvalue weighted by Gasteiger charge is 2.27. The van der Waals surface area contributed by atoms with Crippen molar-refractivity contribution in [3.05, 3.63) is 97.1 Å². The molecule has 0 spiro atoms. The van der Waals surface area contributed by atoms with Crippen LogP contribution in [0.1, 0.15) is 17.6 Å². The van der Waals surface area contributed by atoms with Crippen molar-refractivity contribution >= 4 is 18.5 Å². The van der Waals surface area contributed by atoms with Crippen molar-refractivity contribution in [1.82, 2.24) is 19.1 Å². The van der Waals surface area contributed by atoms with E-state index in [1.807, 2.05) is 24.8 Å². The Bertz CT molecular complexity index is 912. The molecule has 5 heteroatoms. The van der Waals surface area contributed by atoms with Crippen LogP contribution in [0, 0.1) is 0 Å². The summed E-state index contributed by atoms with van der Waals surface area (Å²) in [7, 11) is 3.59. The molecule has 2 aromatic carbocycles. The Morgan fingerprint density at radius 2 is 1.19 bits per heavy atom. The molecule has 0 fully saturated rings. The maximum Gasteiger partial charge on any atom is 0.119 e. The Morgan fingerprint density at radius 3 is 1.56 bits per heavy atom. The normalized spacial score (nSPS) is 11.4. The van der Waals surface area contributed by atoms with Crippen LogP contribution in [0.4, 0.5) is 0 Å². The summed E-state index contributed by atoms with van der Waals surface area (Å²) in [6, 6.07) is 21.6. The Balaban J connectivity index is 1.79. The van der Waals surface area contributed by atoms with Crippen LogP contribution >= 0.6 is 7.92 Å². The van der Waals surface area contributed by atoms with Gasteiger partial charge in [-0.05, 0) is 24.7 Å². The van der Waals surface area contributed by atoms with E-state index in [1.54, 1.807) is 0 Å². The van der Waals surface area contributed by atoms with E-state index < -0.39 is 7.92 Å². The first-order valence-electron chi connectivity index (χ1n) is 9.06. The van der Waals surface area contributed by atoms with Crippen molar-refractivity contribution in [2.75, 3.05) is 6.16 Å². The molecule has 4 nitrogen and oxygen atoms in total. The first-order valence-corrected chi connectivity index (χ1v) is 10.6. The van der Waals surface area contributed by atoms with Crippen LogP contribution in [0.25, 0.3) is 0 Å². The molecule has 136 valence electrons. The summed E-state index contributed by atoms with van der Waals surface area (Å²) in [5, 5.41) is 2.76. The van der Waals surface area contributed by atoms with Crippen LogP contribution in [0.2, 0.25) is 0 Å². The Morgan fingerprint density at radius 1 is 0.741 bits per heavy atom. The SMILES string of the molecule is Cn1ccnc1C(CP(c1ccccc1)c1ccccc1)c1nccn1C. The van der Waals surface area contributed by atoms with Crippen LogP contribution in [-0.2, 0) is 14.1 Å². The summed E-state index contributed by atoms with van der Waals surface area (Å²) in [6.45, 7) is 0. The molecular formula is C22H23N4P. The second kappa shape index (κ2) is 7.89. The van der Waals surface area contributed by atoms with E-state index in [9.17, 15) is 0 Å². The van der Waals surface area contributed by atoms with Crippen molar-refractivity contribution in [2.45, 2.75) is 5.92 Å². The number of hydrogen-bond donors (Lipinski definition) is 0. The number of rotatable bonds is 6. The van der Waals surface area contributed by atoms with Crippen molar-refractivity contribution in [3.8, 4) is 0 Å². The average Bonchev–Trinajstić information content (AvgIpc) is 3.33. The Kier molecular flexibility index (Phi) is 5.17. The number of hydrogen-bond acceptors (Lipinski definition) is 2. The molecule has 0 aliphatic heterocycles. The highest BCUT2D eigenvalue weighted by molar-refractivity contribution is 7.73. The van der Waals surface area contributed by atoms with Crippen molar-refractivity contribution < 1.29 is 0 Å². The Labute approximate surface area is 161 Å². The molecule has 0 N–H and O–H groups in total. The minimum Gasteiger partial charge on any atom is -0.337 e. The second-order valence-electron chi connectivity index (χ2n) is 6.63. The molecule has 0 saturated carbocycles. The maximum absolute atomic E-state index is 4.67. The number of imidazole rings is 2. The van der Waals surface area contributed by atoms with Crippen molar-refractivity contribution in [1.29, 1.82) is 0 Å². The van der Waals surface area contributed by atoms with Gasteiger partial charge in [0.05, 0.1) is 5.92 Å². The van der Waals surface area contributed by atoms with Crippen molar-refractivity contribution in [3.63, 3.8) is 0 Å². The monoisotopic (exact) mass is 374 g/mol. The second-order valence-corrected chi connectivity index (χ2v) is 8.88. The van der Waals surface area contributed by atoms with E-state index in [0.29, 0.717) is 0 Å². The standard InChI is InChI=1S/C22H23N4P/c1-25-15-13-23-21(25)20(22-24-14-16-26(22)2)17-27(18-9-5-3-6-10-18)19-11-7-4-8-12-19/h3-16,20H,17H2,1-2H3. The molecule has 4 aromatic rings. The van der Waals surface area contributed by atoms with E-state index in [1.165, 1.54) is 10.6 Å². The van der Waals surface area contributed by atoms with Crippen molar-refractivity contribution in [2.24, 2.45) is 14.1 Å². The van der Waals surface area contributed by atoms with Gasteiger partial charge in [-0.1, -0.05) is 60.7 Å². The molecule has 27 heavy (non-hydrogen) atoms. The molecule has 2 aromatic heterocycles. The molecule has 2 heterocycles. The van der Waals surface area contributed by atoms with Gasteiger partial charge in [-0.3, -0.25) is 0 Å². The third-order valence-corrected chi connectivity index (χ3v) is 7.41. The third kappa shape index (κ3) is 3.72. The summed E-state index contributed by atoms with van der Waals surface area (Å²) in [5.41, 5.74) is 0. The Hall–Kier alpha value is -2.71. The lowest BCUT2D eigenvalue weighted by Crippen LogP contribution is -2.22. The van der Waals surface area contributed by atoms with E-state index in [4.69, 9.17) is 0 Å². The van der Waals surface area contributed by atoms with Gasteiger partial charge < -0.3 is 9.13 Å². The lowest BCUT2D eigenvalue weighted by molar-refractivity contribution is 0.673. The van der Waals surface area contributed by atoms with Gasteiger partial charge in [0, 0.05) is 38.9 Å². The first kappa shape index (κ1) is 17.7. The van der Waals surface area contributed by atoms with Gasteiger partial charge in [-0.15, -0.1) is 0 Å². The van der Waals surface area contributed by atoms with Gasteiger partial charge in [0.25, 0.3) is 0 Å². The van der Waals surface area contributed by atoms with E-state index in [0.717, 1.165) is 17.8 Å². The molecular weight excluding hydrogens is 351 g/mol. The molecule has 0 bridgehead atoms. The zero-order valence-electron chi connectivity index (χ0n) is 15.6. The molecule has 0 amide bonds. The highest BCUT2D eigenvalue weighted by Crippen LogP contribution is 2.40. The topological polar surface area (TPSA) is 35.6 Å². The lowest BCUT2D eigenvalue weighted by atomic mass is 10.1. The predicted molar refractivity (Wildman–Crippen MR) is 112 cm³/mol. The zero-order valence-corrected chi connectivity index (χ0v) is 16.5. The molecule has 0 atom stereocenters. The van der Waals surface area contributed by atoms with Crippen LogP contribution in [0.5, 0.6) is 0 Å². The fourth-order valence-corrected chi connectivity index (χ4v) is 5.94. The summed E-state index contributed by atoms with van der Waals surface area (Å²) in [5.74, 6) is 2.25. The van der Waals surface area contributed by atoms with Gasteiger partial charge in [0.1, 0.15) is 11.6 Å². The van der Waals surface area contributed by atoms with Crippen LogP contribution in [0.3, 0.4) is 0 Å². The fraction of sp³-hybridized carbons (Fsp3) is 0.182. The minimum atomic E-state index is -0.531. The molecule has 0 saturated heterocycles. The highest BCUT2D eigenvalue weighted by atomic mass is 31.1. The molecule has 0 aliphatic rings. The summed E-state index contributed by atoms with van der Waals surface area (Å²) in [4.78, 5) is 9.35. The number of nitrogens with zero attached hydrogens (tertiary/aromatic N) is 4. The lowest BCUT2D eigenvalue weighted by Gasteiger charge is -2.24. The molecule has 0 aliphatic carbocycles. The van der Waals surface area contributed by atoms with Gasteiger partial charge >= 0.3 is 0 Å². The predicted octanol–water partition coefficient (Wildman–Crippen LogP) is 3.42. The number of aromatic nitrogens is 4. The van der Waals surface area contributed by atoms with Crippen LogP contribution < -0.4 is 10.6 Å². The zero-order chi connectivity index (χ0) is 18.6. The smallest absolute Gasteiger partial charge is 0.119 e.